The van der Waals surface area contributed by atoms with Crippen LogP contribution >= 0.6 is 0 Å². The number of carbonyl (C=O) groups excluding carboxylic acids is 2. The molecular weight excluding hydrogens is 314 g/mol. The highest BCUT2D eigenvalue weighted by Crippen LogP contribution is 2.15. The number of ether oxygens (including phenoxy) is 2. The fourth-order valence-corrected chi connectivity index (χ4v) is 2.47. The predicted octanol–water partition coefficient (Wildman–Crippen LogP) is 1.36. The monoisotopic (exact) mass is 335 g/mol. The summed E-state index contributed by atoms with van der Waals surface area (Å²) in [7, 11) is 0. The highest BCUT2D eigenvalue weighted by atomic mass is 16.5. The van der Waals surface area contributed by atoms with E-state index in [-0.39, 0.29) is 31.3 Å². The Labute approximate surface area is 140 Å². The van der Waals surface area contributed by atoms with Gasteiger partial charge in [-0.25, -0.2) is 4.79 Å². The molecule has 130 valence electrons. The molecule has 0 aliphatic carbocycles. The summed E-state index contributed by atoms with van der Waals surface area (Å²) in [5.74, 6) is -0.736. The molecule has 7 heteroatoms. The summed E-state index contributed by atoms with van der Waals surface area (Å²) < 4.78 is 10.7. The molecule has 7 nitrogen and oxygen atoms in total. The molecule has 1 aliphatic heterocycles. The Morgan fingerprint density at radius 3 is 2.88 bits per heavy atom. The van der Waals surface area contributed by atoms with Gasteiger partial charge in [-0.2, -0.15) is 0 Å². The molecule has 0 radical (unpaired) electrons. The average molecular weight is 335 g/mol. The van der Waals surface area contributed by atoms with Crippen molar-refractivity contribution in [1.82, 2.24) is 4.90 Å². The molecule has 1 saturated heterocycles. The van der Waals surface area contributed by atoms with Gasteiger partial charge in [-0.15, -0.1) is 0 Å². The maximum atomic E-state index is 12.2. The molecule has 1 heterocycles. The van der Waals surface area contributed by atoms with Crippen LogP contribution in [0.1, 0.15) is 30.1 Å². The Morgan fingerprint density at radius 2 is 2.17 bits per heavy atom. The van der Waals surface area contributed by atoms with Crippen molar-refractivity contribution in [3.63, 3.8) is 0 Å². The molecule has 2 rings (SSSR count). The zero-order valence-corrected chi connectivity index (χ0v) is 13.6. The van der Waals surface area contributed by atoms with E-state index in [0.29, 0.717) is 30.9 Å². The van der Waals surface area contributed by atoms with Crippen LogP contribution in [0.3, 0.4) is 0 Å². The third-order valence-corrected chi connectivity index (χ3v) is 3.78. The van der Waals surface area contributed by atoms with E-state index in [4.69, 9.17) is 14.6 Å². The lowest BCUT2D eigenvalue weighted by atomic mass is 10.1. The van der Waals surface area contributed by atoms with Crippen molar-refractivity contribution in [2.45, 2.75) is 25.8 Å². The minimum absolute atomic E-state index is 0.0232. The number of hydrogen-bond donors (Lipinski definition) is 1. The Morgan fingerprint density at radius 1 is 1.38 bits per heavy atom. The minimum Gasteiger partial charge on any atom is -0.494 e. The van der Waals surface area contributed by atoms with Gasteiger partial charge in [0.2, 0.25) is 5.91 Å². The summed E-state index contributed by atoms with van der Waals surface area (Å²) >= 11 is 0. The third-order valence-electron chi connectivity index (χ3n) is 3.78. The van der Waals surface area contributed by atoms with Crippen molar-refractivity contribution in [2.24, 2.45) is 0 Å². The Hall–Kier alpha value is -2.41. The SMILES string of the molecule is CC(=O)c1cccc(OCCCC(=O)N2CCOCC2C(=O)O)c1. The number of hydrogen-bond acceptors (Lipinski definition) is 5. The lowest BCUT2D eigenvalue weighted by Gasteiger charge is -2.32. The lowest BCUT2D eigenvalue weighted by molar-refractivity contribution is -0.158. The first-order valence-corrected chi connectivity index (χ1v) is 7.83. The van der Waals surface area contributed by atoms with Gasteiger partial charge in [0.25, 0.3) is 0 Å². The van der Waals surface area contributed by atoms with E-state index in [2.05, 4.69) is 0 Å². The zero-order chi connectivity index (χ0) is 17.5. The standard InChI is InChI=1S/C17H21NO6/c1-12(19)13-4-2-5-14(10-13)24-8-3-6-16(20)18-7-9-23-11-15(18)17(21)22/h2,4-5,10,15H,3,6-9,11H2,1H3,(H,21,22). The molecule has 1 fully saturated rings. The molecule has 0 saturated carbocycles. The van der Waals surface area contributed by atoms with E-state index in [9.17, 15) is 14.4 Å². The lowest BCUT2D eigenvalue weighted by Crippen LogP contribution is -2.52. The Balaban J connectivity index is 1.79. The van der Waals surface area contributed by atoms with Crippen molar-refractivity contribution in [3.8, 4) is 5.75 Å². The van der Waals surface area contributed by atoms with Gasteiger partial charge < -0.3 is 19.5 Å². The van der Waals surface area contributed by atoms with Gasteiger partial charge in [-0.05, 0) is 25.5 Å². The minimum atomic E-state index is -1.06. The van der Waals surface area contributed by atoms with Gasteiger partial charge in [0.15, 0.2) is 11.8 Å². The van der Waals surface area contributed by atoms with Crippen LogP contribution in [-0.2, 0) is 14.3 Å². The van der Waals surface area contributed by atoms with E-state index in [1.54, 1.807) is 24.3 Å². The van der Waals surface area contributed by atoms with Crippen molar-refractivity contribution >= 4 is 17.7 Å². The number of ketones is 1. The first-order valence-electron chi connectivity index (χ1n) is 7.83. The maximum absolute atomic E-state index is 12.2. The summed E-state index contributed by atoms with van der Waals surface area (Å²) in [6.07, 6.45) is 0.670. The predicted molar refractivity (Wildman–Crippen MR) is 85.1 cm³/mol. The van der Waals surface area contributed by atoms with Crippen LogP contribution in [0.15, 0.2) is 24.3 Å². The van der Waals surface area contributed by atoms with Crippen LogP contribution in [0, 0.1) is 0 Å². The molecule has 1 aliphatic rings. The number of aliphatic carboxylic acids is 1. The zero-order valence-electron chi connectivity index (χ0n) is 13.6. The molecule has 24 heavy (non-hydrogen) atoms. The smallest absolute Gasteiger partial charge is 0.328 e. The second-order valence-electron chi connectivity index (χ2n) is 5.55. The summed E-state index contributed by atoms with van der Waals surface area (Å²) in [4.78, 5) is 36.0. The van der Waals surface area contributed by atoms with Crippen molar-refractivity contribution in [2.75, 3.05) is 26.4 Å². The first-order chi connectivity index (χ1) is 11.5. The number of benzene rings is 1. The van der Waals surface area contributed by atoms with Crippen molar-refractivity contribution < 1.29 is 29.0 Å². The number of nitrogens with zero attached hydrogens (tertiary/aromatic N) is 1. The number of amides is 1. The highest BCUT2D eigenvalue weighted by Gasteiger charge is 2.32. The van der Waals surface area contributed by atoms with Gasteiger partial charge in [0, 0.05) is 18.5 Å². The molecule has 1 unspecified atom stereocenters. The van der Waals surface area contributed by atoms with Crippen LogP contribution in [0.4, 0.5) is 0 Å². The molecule has 0 aromatic heterocycles. The van der Waals surface area contributed by atoms with Gasteiger partial charge in [0.05, 0.1) is 19.8 Å². The largest absolute Gasteiger partial charge is 0.494 e. The normalized spacial score (nSPS) is 17.4. The van der Waals surface area contributed by atoms with Crippen molar-refractivity contribution in [1.29, 1.82) is 0 Å². The van der Waals surface area contributed by atoms with Crippen molar-refractivity contribution in [3.05, 3.63) is 29.8 Å². The number of morpholine rings is 1. The van der Waals surface area contributed by atoms with E-state index in [0.717, 1.165) is 0 Å². The number of carboxylic acid groups (broad SMARTS) is 1. The molecule has 1 aromatic rings. The van der Waals surface area contributed by atoms with Crippen LogP contribution in [0.25, 0.3) is 0 Å². The van der Waals surface area contributed by atoms with E-state index >= 15 is 0 Å². The van der Waals surface area contributed by atoms with E-state index < -0.39 is 12.0 Å². The van der Waals surface area contributed by atoms with E-state index in [1.807, 2.05) is 0 Å². The quantitative estimate of drug-likeness (QED) is 0.597. The first kappa shape index (κ1) is 17.9. The molecule has 1 atom stereocenters. The van der Waals surface area contributed by atoms with Crippen LogP contribution < -0.4 is 4.74 Å². The summed E-state index contributed by atoms with van der Waals surface area (Å²) in [5, 5.41) is 9.12. The average Bonchev–Trinajstić information content (AvgIpc) is 2.58. The molecular formula is C17H21NO6. The van der Waals surface area contributed by atoms with Crippen LogP contribution in [0.5, 0.6) is 5.75 Å². The fourth-order valence-electron chi connectivity index (χ4n) is 2.47. The number of carboxylic acids is 1. The molecule has 0 spiro atoms. The fraction of sp³-hybridized carbons (Fsp3) is 0.471. The highest BCUT2D eigenvalue weighted by molar-refractivity contribution is 5.94. The molecule has 0 bridgehead atoms. The maximum Gasteiger partial charge on any atom is 0.328 e. The third kappa shape index (κ3) is 4.79. The van der Waals surface area contributed by atoms with Gasteiger partial charge in [0.1, 0.15) is 5.75 Å². The summed E-state index contributed by atoms with van der Waals surface area (Å²) in [6.45, 7) is 2.46. The number of Topliss-reactive ketones (excluding diaryl/α,β-unsaturated/α-hetero) is 1. The second-order valence-corrected chi connectivity index (χ2v) is 5.55. The number of carbonyl (C=O) groups is 3. The molecule has 1 aromatic carbocycles. The summed E-state index contributed by atoms with van der Waals surface area (Å²) in [6, 6.07) is 5.94. The molecule has 1 N–H and O–H groups in total. The van der Waals surface area contributed by atoms with Crippen LogP contribution in [-0.4, -0.2) is 60.1 Å². The van der Waals surface area contributed by atoms with E-state index in [1.165, 1.54) is 11.8 Å². The summed E-state index contributed by atoms with van der Waals surface area (Å²) in [5.41, 5.74) is 0.571. The Bertz CT molecular complexity index is 615. The Kier molecular flexibility index (Phi) is 6.31. The van der Waals surface area contributed by atoms with Gasteiger partial charge >= 0.3 is 5.97 Å². The van der Waals surface area contributed by atoms with Gasteiger partial charge in [-0.1, -0.05) is 12.1 Å². The number of rotatable bonds is 7. The second kappa shape index (κ2) is 8.44. The van der Waals surface area contributed by atoms with Crippen LogP contribution in [0.2, 0.25) is 0 Å². The molecule has 1 amide bonds. The topological polar surface area (TPSA) is 93.1 Å². The van der Waals surface area contributed by atoms with Gasteiger partial charge in [-0.3, -0.25) is 9.59 Å².